The Morgan fingerprint density at radius 1 is 1.58 bits per heavy atom. The highest BCUT2D eigenvalue weighted by molar-refractivity contribution is 7.84. The van der Waals surface area contributed by atoms with Gasteiger partial charge in [-0.3, -0.25) is 13.7 Å². The van der Waals surface area contributed by atoms with E-state index in [1.165, 1.54) is 7.11 Å². The molecule has 1 aromatic heterocycles. The summed E-state index contributed by atoms with van der Waals surface area (Å²) in [5.74, 6) is -0.179. The van der Waals surface area contributed by atoms with Crippen molar-refractivity contribution >= 4 is 28.4 Å². The minimum atomic E-state index is -1.18. The molecule has 0 saturated carbocycles. The smallest absolute Gasteiger partial charge is 0.309 e. The minimum Gasteiger partial charge on any atom is -0.469 e. The van der Waals surface area contributed by atoms with Crippen LogP contribution in [0.5, 0.6) is 0 Å². The Morgan fingerprint density at radius 3 is 2.68 bits per heavy atom. The van der Waals surface area contributed by atoms with Crippen molar-refractivity contribution < 1.29 is 13.7 Å². The summed E-state index contributed by atoms with van der Waals surface area (Å²) in [6.45, 7) is 3.67. The fraction of sp³-hybridized carbons (Fsp3) is 0.667. The van der Waals surface area contributed by atoms with Gasteiger partial charge in [0.1, 0.15) is 0 Å². The molecule has 0 amide bonds. The average molecular weight is 307 g/mol. The van der Waals surface area contributed by atoms with Gasteiger partial charge in [0.15, 0.2) is 0 Å². The zero-order valence-corrected chi connectivity index (χ0v) is 13.2. The molecule has 2 unspecified atom stereocenters. The zero-order chi connectivity index (χ0) is 14.6. The van der Waals surface area contributed by atoms with Gasteiger partial charge in [0.2, 0.25) is 0 Å². The van der Waals surface area contributed by atoms with Gasteiger partial charge in [-0.15, -0.1) is 0 Å². The van der Waals surface area contributed by atoms with Crippen molar-refractivity contribution in [2.45, 2.75) is 26.0 Å². The summed E-state index contributed by atoms with van der Waals surface area (Å²) in [6.07, 6.45) is 0.734. The van der Waals surface area contributed by atoms with Crippen molar-refractivity contribution in [3.8, 4) is 0 Å². The van der Waals surface area contributed by atoms with Gasteiger partial charge in [-0.2, -0.15) is 5.10 Å². The number of rotatable bonds is 6. The van der Waals surface area contributed by atoms with E-state index >= 15 is 0 Å². The van der Waals surface area contributed by atoms with Crippen molar-refractivity contribution in [3.63, 3.8) is 0 Å². The number of aryl methyl sites for hydroxylation is 2. The number of carbonyl (C=O) groups excluding carboxylic acids is 1. The lowest BCUT2D eigenvalue weighted by Gasteiger charge is -2.09. The van der Waals surface area contributed by atoms with E-state index in [1.807, 2.05) is 6.92 Å². The second-order valence-corrected chi connectivity index (χ2v) is 6.24. The van der Waals surface area contributed by atoms with Crippen LogP contribution >= 0.6 is 11.6 Å². The van der Waals surface area contributed by atoms with Gasteiger partial charge in [-0.25, -0.2) is 0 Å². The Balaban J connectivity index is 2.72. The molecule has 1 rings (SSSR count). The molecule has 0 aliphatic rings. The third kappa shape index (κ3) is 4.04. The van der Waals surface area contributed by atoms with Crippen LogP contribution in [-0.2, 0) is 39.6 Å². The van der Waals surface area contributed by atoms with Crippen LogP contribution < -0.4 is 0 Å². The number of aromatic nitrogens is 2. The molecular weight excluding hydrogens is 288 g/mol. The molecule has 2 atom stereocenters. The molecule has 0 fully saturated rings. The predicted octanol–water partition coefficient (Wildman–Crippen LogP) is 1.69. The first-order valence-corrected chi connectivity index (χ1v) is 7.90. The van der Waals surface area contributed by atoms with E-state index in [9.17, 15) is 9.00 Å². The molecule has 7 heteroatoms. The van der Waals surface area contributed by atoms with Gasteiger partial charge in [-0.1, -0.05) is 25.4 Å². The molecule has 1 aromatic rings. The van der Waals surface area contributed by atoms with Gasteiger partial charge in [0, 0.05) is 23.6 Å². The standard InChI is InChI=1S/C12H19ClN2O3S/c1-5-9-11(13)10(15(3)14-9)7-19(17)6-8(2)12(16)18-4/h8H,5-7H2,1-4H3. The monoisotopic (exact) mass is 306 g/mol. The Hall–Kier alpha value is -0.880. The van der Waals surface area contributed by atoms with Gasteiger partial charge in [-0.05, 0) is 6.42 Å². The van der Waals surface area contributed by atoms with Crippen LogP contribution in [-0.4, -0.2) is 32.8 Å². The van der Waals surface area contributed by atoms with Crippen LogP contribution in [0.2, 0.25) is 5.02 Å². The number of ether oxygens (including phenoxy) is 1. The molecular formula is C12H19ClN2O3S. The number of hydrogen-bond acceptors (Lipinski definition) is 4. The number of hydrogen-bond donors (Lipinski definition) is 0. The van der Waals surface area contributed by atoms with Gasteiger partial charge < -0.3 is 4.74 Å². The SMILES string of the molecule is CCc1nn(C)c(CS(=O)CC(C)C(=O)OC)c1Cl. The van der Waals surface area contributed by atoms with E-state index in [4.69, 9.17) is 11.6 Å². The fourth-order valence-corrected chi connectivity index (χ4v) is 3.62. The summed E-state index contributed by atoms with van der Waals surface area (Å²) < 4.78 is 18.3. The molecule has 0 N–H and O–H groups in total. The maximum absolute atomic E-state index is 12.0. The first kappa shape index (κ1) is 16.2. The molecule has 0 bridgehead atoms. The van der Waals surface area contributed by atoms with Crippen molar-refractivity contribution in [1.82, 2.24) is 9.78 Å². The quantitative estimate of drug-likeness (QED) is 0.750. The molecule has 108 valence electrons. The van der Waals surface area contributed by atoms with E-state index in [0.29, 0.717) is 10.8 Å². The lowest BCUT2D eigenvalue weighted by molar-refractivity contribution is -0.144. The number of esters is 1. The molecule has 0 aliphatic heterocycles. The Morgan fingerprint density at radius 2 is 2.21 bits per heavy atom. The minimum absolute atomic E-state index is 0.260. The summed E-state index contributed by atoms with van der Waals surface area (Å²) in [5.41, 5.74) is 1.55. The van der Waals surface area contributed by atoms with E-state index in [0.717, 1.165) is 17.8 Å². The second-order valence-electron chi connectivity index (χ2n) is 4.36. The molecule has 0 radical (unpaired) electrons. The van der Waals surface area contributed by atoms with Gasteiger partial charge in [0.25, 0.3) is 0 Å². The van der Waals surface area contributed by atoms with Crippen LogP contribution in [0.1, 0.15) is 25.2 Å². The van der Waals surface area contributed by atoms with Crippen LogP contribution in [0, 0.1) is 5.92 Å². The summed E-state index contributed by atoms with van der Waals surface area (Å²) in [7, 11) is 1.93. The Kier molecular flexibility index (Phi) is 6.00. The number of halogens is 1. The Labute approximate surface area is 120 Å². The number of methoxy groups -OCH3 is 1. The van der Waals surface area contributed by atoms with Crippen LogP contribution in [0.3, 0.4) is 0 Å². The Bertz CT molecular complexity index is 488. The van der Waals surface area contributed by atoms with E-state index in [1.54, 1.807) is 18.7 Å². The molecule has 19 heavy (non-hydrogen) atoms. The van der Waals surface area contributed by atoms with Crippen LogP contribution in [0.25, 0.3) is 0 Å². The van der Waals surface area contributed by atoms with E-state index in [-0.39, 0.29) is 17.6 Å². The van der Waals surface area contributed by atoms with Gasteiger partial charge in [0.05, 0.1) is 35.2 Å². The molecule has 1 heterocycles. The first-order valence-electron chi connectivity index (χ1n) is 6.03. The highest BCUT2D eigenvalue weighted by Gasteiger charge is 2.20. The van der Waals surface area contributed by atoms with Crippen LogP contribution in [0.4, 0.5) is 0 Å². The number of nitrogens with zero attached hydrogens (tertiary/aromatic N) is 2. The second kappa shape index (κ2) is 7.05. The normalized spacial score (nSPS) is 14.2. The largest absolute Gasteiger partial charge is 0.469 e. The lowest BCUT2D eigenvalue weighted by atomic mass is 10.2. The summed E-state index contributed by atoms with van der Waals surface area (Å²) in [4.78, 5) is 11.3. The first-order chi connectivity index (χ1) is 8.90. The lowest BCUT2D eigenvalue weighted by Crippen LogP contribution is -2.20. The van der Waals surface area contributed by atoms with Crippen molar-refractivity contribution in [2.75, 3.05) is 12.9 Å². The third-order valence-corrected chi connectivity index (χ3v) is 4.74. The molecule has 0 spiro atoms. The van der Waals surface area contributed by atoms with Crippen molar-refractivity contribution in [2.24, 2.45) is 13.0 Å². The summed E-state index contributed by atoms with van der Waals surface area (Å²) >= 11 is 6.19. The molecule has 0 saturated heterocycles. The zero-order valence-electron chi connectivity index (χ0n) is 11.6. The number of carbonyl (C=O) groups is 1. The highest BCUT2D eigenvalue weighted by Crippen LogP contribution is 2.22. The van der Waals surface area contributed by atoms with E-state index < -0.39 is 10.8 Å². The summed E-state index contributed by atoms with van der Waals surface area (Å²) in [5, 5.41) is 4.84. The molecule has 0 aromatic carbocycles. The fourth-order valence-electron chi connectivity index (χ4n) is 1.74. The summed E-state index contributed by atoms with van der Waals surface area (Å²) in [6, 6.07) is 0. The van der Waals surface area contributed by atoms with Crippen LogP contribution in [0.15, 0.2) is 0 Å². The maximum atomic E-state index is 12.0. The topological polar surface area (TPSA) is 61.2 Å². The third-order valence-electron chi connectivity index (χ3n) is 2.84. The molecule has 5 nitrogen and oxygen atoms in total. The predicted molar refractivity (Wildman–Crippen MR) is 75.5 cm³/mol. The molecule has 0 aliphatic carbocycles. The maximum Gasteiger partial charge on any atom is 0.309 e. The highest BCUT2D eigenvalue weighted by atomic mass is 35.5. The van der Waals surface area contributed by atoms with Gasteiger partial charge >= 0.3 is 5.97 Å². The van der Waals surface area contributed by atoms with Crippen molar-refractivity contribution in [1.29, 1.82) is 0 Å². The van der Waals surface area contributed by atoms with E-state index in [2.05, 4.69) is 9.84 Å². The average Bonchev–Trinajstić information content (AvgIpc) is 2.64. The van der Waals surface area contributed by atoms with Crippen molar-refractivity contribution in [3.05, 3.63) is 16.4 Å².